The summed E-state index contributed by atoms with van der Waals surface area (Å²) in [7, 11) is 3.36. The number of benzene rings is 2. The van der Waals surface area contributed by atoms with Crippen LogP contribution in [-0.2, 0) is 17.4 Å². The van der Waals surface area contributed by atoms with Crippen molar-refractivity contribution in [1.29, 1.82) is 0 Å². The second-order valence-corrected chi connectivity index (χ2v) is 11.1. The lowest BCUT2D eigenvalue weighted by Crippen LogP contribution is -2.33. The zero-order valence-corrected chi connectivity index (χ0v) is 21.2. The summed E-state index contributed by atoms with van der Waals surface area (Å²) in [4.78, 5) is 14.6. The van der Waals surface area contributed by atoms with Crippen molar-refractivity contribution in [2.45, 2.75) is 57.9 Å². The van der Waals surface area contributed by atoms with Gasteiger partial charge in [0.2, 0.25) is 0 Å². The Hall–Kier alpha value is -2.79. The van der Waals surface area contributed by atoms with Gasteiger partial charge in [-0.1, -0.05) is 39.8 Å². The molecule has 3 aromatic rings. The maximum absolute atomic E-state index is 12.8. The molecule has 174 valence electrons. The van der Waals surface area contributed by atoms with Gasteiger partial charge in [-0.15, -0.1) is 11.3 Å². The van der Waals surface area contributed by atoms with Crippen LogP contribution in [0.3, 0.4) is 0 Å². The van der Waals surface area contributed by atoms with E-state index in [0.29, 0.717) is 11.4 Å². The highest BCUT2D eigenvalue weighted by Gasteiger charge is 2.38. The van der Waals surface area contributed by atoms with E-state index >= 15 is 0 Å². The predicted molar refractivity (Wildman–Crippen MR) is 136 cm³/mol. The Morgan fingerprint density at radius 1 is 0.939 bits per heavy atom. The van der Waals surface area contributed by atoms with Crippen LogP contribution in [0.25, 0.3) is 10.4 Å². The summed E-state index contributed by atoms with van der Waals surface area (Å²) in [6.07, 6.45) is 2.31. The SMILES string of the molecule is COc1cccc(CNC(=O)c2ccc(-c3cc4c(cc3OC)C(C)(C)CCC4(C)C)s2)c1. The fraction of sp³-hybridized carbons (Fsp3) is 0.393. The molecule has 0 bridgehead atoms. The van der Waals surface area contributed by atoms with Gasteiger partial charge in [0.25, 0.3) is 5.91 Å². The number of carbonyl (C=O) groups excluding carboxylic acids is 1. The van der Waals surface area contributed by atoms with Gasteiger partial charge < -0.3 is 14.8 Å². The van der Waals surface area contributed by atoms with Gasteiger partial charge in [-0.2, -0.15) is 0 Å². The summed E-state index contributed by atoms with van der Waals surface area (Å²) in [5.41, 5.74) is 5.04. The van der Waals surface area contributed by atoms with E-state index < -0.39 is 0 Å². The van der Waals surface area contributed by atoms with Crippen LogP contribution < -0.4 is 14.8 Å². The van der Waals surface area contributed by atoms with Crippen LogP contribution in [0.1, 0.15) is 66.9 Å². The van der Waals surface area contributed by atoms with Crippen molar-refractivity contribution < 1.29 is 14.3 Å². The van der Waals surface area contributed by atoms with E-state index in [1.54, 1.807) is 14.2 Å². The number of hydrogen-bond donors (Lipinski definition) is 1. The largest absolute Gasteiger partial charge is 0.497 e. The van der Waals surface area contributed by atoms with Gasteiger partial charge in [-0.25, -0.2) is 0 Å². The summed E-state index contributed by atoms with van der Waals surface area (Å²) in [5.74, 6) is 1.57. The van der Waals surface area contributed by atoms with Gasteiger partial charge in [0.05, 0.1) is 19.1 Å². The Balaban J connectivity index is 1.61. The number of rotatable bonds is 6. The van der Waals surface area contributed by atoms with Gasteiger partial charge in [-0.05, 0) is 76.8 Å². The molecule has 0 saturated carbocycles. The third-order valence-corrected chi connectivity index (χ3v) is 7.97. The normalized spacial score (nSPS) is 16.1. The molecule has 0 atom stereocenters. The molecule has 5 heteroatoms. The zero-order valence-electron chi connectivity index (χ0n) is 20.4. The smallest absolute Gasteiger partial charge is 0.261 e. The molecule has 0 aliphatic heterocycles. The molecule has 33 heavy (non-hydrogen) atoms. The predicted octanol–water partition coefficient (Wildman–Crippen LogP) is 6.71. The molecule has 4 nitrogen and oxygen atoms in total. The van der Waals surface area contributed by atoms with E-state index in [1.165, 1.54) is 22.5 Å². The highest BCUT2D eigenvalue weighted by molar-refractivity contribution is 7.17. The molecule has 1 aliphatic carbocycles. The number of amides is 1. The van der Waals surface area contributed by atoms with Gasteiger partial charge in [0.15, 0.2) is 0 Å². The molecule has 1 N–H and O–H groups in total. The molecular formula is C28H33NO3S. The van der Waals surface area contributed by atoms with Gasteiger partial charge in [0, 0.05) is 17.0 Å². The molecular weight excluding hydrogens is 430 g/mol. The lowest BCUT2D eigenvalue weighted by Gasteiger charge is -2.42. The standard InChI is InChI=1S/C28H33NO3S/c1-27(2)12-13-28(3,4)22-16-23(32-6)20(15-21(22)27)24-10-11-25(33-24)26(30)29-17-18-8-7-9-19(14-18)31-5/h7-11,14-16H,12-13,17H2,1-6H3,(H,29,30). The molecule has 2 aromatic carbocycles. The van der Waals surface area contributed by atoms with Crippen LogP contribution in [-0.4, -0.2) is 20.1 Å². The number of hydrogen-bond acceptors (Lipinski definition) is 4. The van der Waals surface area contributed by atoms with Crippen LogP contribution in [0.4, 0.5) is 0 Å². The minimum absolute atomic E-state index is 0.0764. The molecule has 4 rings (SSSR count). The molecule has 1 aliphatic rings. The summed E-state index contributed by atoms with van der Waals surface area (Å²) < 4.78 is 11.1. The number of carbonyl (C=O) groups is 1. The first-order valence-electron chi connectivity index (χ1n) is 11.4. The highest BCUT2D eigenvalue weighted by atomic mass is 32.1. The molecule has 1 aromatic heterocycles. The van der Waals surface area contributed by atoms with E-state index in [-0.39, 0.29) is 16.7 Å². The average Bonchev–Trinajstić information content (AvgIpc) is 3.30. The molecule has 1 amide bonds. The first kappa shape index (κ1) is 23.4. The topological polar surface area (TPSA) is 47.6 Å². The van der Waals surface area contributed by atoms with E-state index in [9.17, 15) is 4.79 Å². The fourth-order valence-electron chi connectivity index (χ4n) is 4.61. The second kappa shape index (κ2) is 8.86. The minimum Gasteiger partial charge on any atom is -0.497 e. The number of methoxy groups -OCH3 is 2. The monoisotopic (exact) mass is 463 g/mol. The van der Waals surface area contributed by atoms with Crippen molar-refractivity contribution >= 4 is 17.2 Å². The Kier molecular flexibility index (Phi) is 6.28. The summed E-state index contributed by atoms with van der Waals surface area (Å²) in [5, 5.41) is 3.02. The third kappa shape index (κ3) is 4.65. The number of nitrogens with one attached hydrogen (secondary N) is 1. The first-order valence-corrected chi connectivity index (χ1v) is 12.2. The molecule has 0 fully saturated rings. The molecule has 0 radical (unpaired) electrons. The number of thiophene rings is 1. The lowest BCUT2D eigenvalue weighted by molar-refractivity contribution is 0.0955. The van der Waals surface area contributed by atoms with Crippen molar-refractivity contribution in [3.63, 3.8) is 0 Å². The maximum atomic E-state index is 12.8. The Morgan fingerprint density at radius 3 is 2.30 bits per heavy atom. The van der Waals surface area contributed by atoms with Crippen LogP contribution in [0, 0.1) is 0 Å². The Labute approximate surface area is 200 Å². The average molecular weight is 464 g/mol. The zero-order chi connectivity index (χ0) is 23.8. The van der Waals surface area contributed by atoms with Crippen LogP contribution in [0.15, 0.2) is 48.5 Å². The van der Waals surface area contributed by atoms with E-state index in [2.05, 4.69) is 45.1 Å². The second-order valence-electron chi connectivity index (χ2n) is 10.1. The van der Waals surface area contributed by atoms with Crippen molar-refractivity contribution in [3.8, 4) is 21.9 Å². The van der Waals surface area contributed by atoms with Crippen LogP contribution >= 0.6 is 11.3 Å². The van der Waals surface area contributed by atoms with E-state index in [4.69, 9.17) is 9.47 Å². The number of ether oxygens (including phenoxy) is 2. The van der Waals surface area contributed by atoms with Crippen molar-refractivity contribution in [2.75, 3.05) is 14.2 Å². The quantitative estimate of drug-likeness (QED) is 0.442. The van der Waals surface area contributed by atoms with Crippen molar-refractivity contribution in [1.82, 2.24) is 5.32 Å². The van der Waals surface area contributed by atoms with Gasteiger partial charge in [0.1, 0.15) is 11.5 Å². The molecule has 0 unspecified atom stereocenters. The van der Waals surface area contributed by atoms with Gasteiger partial charge in [-0.3, -0.25) is 4.79 Å². The Bertz CT molecular complexity index is 1180. The summed E-state index contributed by atoms with van der Waals surface area (Å²) >= 11 is 1.50. The summed E-state index contributed by atoms with van der Waals surface area (Å²) in [6, 6.07) is 16.2. The minimum atomic E-state index is -0.0764. The van der Waals surface area contributed by atoms with Crippen LogP contribution in [0.5, 0.6) is 11.5 Å². The van der Waals surface area contributed by atoms with Crippen LogP contribution in [0.2, 0.25) is 0 Å². The maximum Gasteiger partial charge on any atom is 0.261 e. The van der Waals surface area contributed by atoms with Gasteiger partial charge >= 0.3 is 0 Å². The van der Waals surface area contributed by atoms with E-state index in [0.717, 1.165) is 40.3 Å². The highest BCUT2D eigenvalue weighted by Crippen LogP contribution is 2.49. The van der Waals surface area contributed by atoms with E-state index in [1.807, 2.05) is 36.4 Å². The lowest BCUT2D eigenvalue weighted by atomic mass is 9.63. The van der Waals surface area contributed by atoms with Crippen molar-refractivity contribution in [3.05, 3.63) is 70.1 Å². The summed E-state index contributed by atoms with van der Waals surface area (Å²) in [6.45, 7) is 9.73. The third-order valence-electron chi connectivity index (χ3n) is 6.86. The van der Waals surface area contributed by atoms with Crippen molar-refractivity contribution in [2.24, 2.45) is 0 Å². The fourth-order valence-corrected chi connectivity index (χ4v) is 5.56. The molecule has 0 saturated heterocycles. The number of fused-ring (bicyclic) bond motifs is 1. The molecule has 0 spiro atoms. The first-order chi connectivity index (χ1) is 15.6. The molecule has 1 heterocycles. The Morgan fingerprint density at radius 2 is 1.64 bits per heavy atom.